The molecular formula is C22H25N3O4. The van der Waals surface area contributed by atoms with E-state index in [1.54, 1.807) is 12.3 Å². The fourth-order valence-electron chi connectivity index (χ4n) is 3.79. The highest BCUT2D eigenvalue weighted by Gasteiger charge is 2.32. The van der Waals surface area contributed by atoms with E-state index in [0.29, 0.717) is 17.7 Å². The van der Waals surface area contributed by atoms with Gasteiger partial charge in [0.05, 0.1) is 16.5 Å². The van der Waals surface area contributed by atoms with Gasteiger partial charge in [0.1, 0.15) is 0 Å². The number of hydrogen-bond donors (Lipinski definition) is 1. The van der Waals surface area contributed by atoms with Crippen LogP contribution in [0.25, 0.3) is 5.57 Å². The molecule has 1 N–H and O–H groups in total. The van der Waals surface area contributed by atoms with Gasteiger partial charge >= 0.3 is 5.97 Å². The van der Waals surface area contributed by atoms with Crippen molar-refractivity contribution in [2.24, 2.45) is 0 Å². The molecular weight excluding hydrogens is 370 g/mol. The number of rotatable bonds is 8. The second kappa shape index (κ2) is 8.87. The van der Waals surface area contributed by atoms with Crippen LogP contribution in [0.15, 0.2) is 54.7 Å². The van der Waals surface area contributed by atoms with Gasteiger partial charge < -0.3 is 14.9 Å². The molecule has 0 amide bonds. The standard InChI is InChI=1S/C22H25N3O4/c1-3-23(4-2)12-13-24-15-20(22(26)27)18-11-10-17(25(28)29)14-19(18)21(24)16-8-6-5-7-9-16/h5-11,14-15,21H,3-4,12-13H2,1-2H3,(H,26,27). The largest absolute Gasteiger partial charge is 0.478 e. The molecule has 1 aliphatic rings. The summed E-state index contributed by atoms with van der Waals surface area (Å²) in [5.74, 6) is -1.04. The quantitative estimate of drug-likeness (QED) is 0.541. The summed E-state index contributed by atoms with van der Waals surface area (Å²) in [6.07, 6.45) is 1.68. The van der Waals surface area contributed by atoms with Gasteiger partial charge in [-0.3, -0.25) is 10.1 Å². The number of likely N-dealkylation sites (N-methyl/N-ethyl adjacent to an activating group) is 1. The summed E-state index contributed by atoms with van der Waals surface area (Å²) in [5, 5.41) is 21.1. The third-order valence-corrected chi connectivity index (χ3v) is 5.37. The van der Waals surface area contributed by atoms with Gasteiger partial charge in [0.25, 0.3) is 5.69 Å². The van der Waals surface area contributed by atoms with E-state index in [0.717, 1.165) is 25.2 Å². The number of benzene rings is 2. The van der Waals surface area contributed by atoms with Crippen LogP contribution in [-0.4, -0.2) is 52.0 Å². The van der Waals surface area contributed by atoms with Crippen LogP contribution in [0.1, 0.15) is 36.6 Å². The Morgan fingerprint density at radius 3 is 2.45 bits per heavy atom. The first-order valence-electron chi connectivity index (χ1n) is 9.73. The van der Waals surface area contributed by atoms with Crippen molar-refractivity contribution in [3.05, 3.63) is 81.5 Å². The Balaban J connectivity index is 2.13. The van der Waals surface area contributed by atoms with E-state index in [1.807, 2.05) is 35.2 Å². The molecule has 2 aromatic carbocycles. The van der Waals surface area contributed by atoms with Crippen molar-refractivity contribution in [3.8, 4) is 0 Å². The molecule has 2 aromatic rings. The lowest BCUT2D eigenvalue weighted by Crippen LogP contribution is -2.37. The van der Waals surface area contributed by atoms with Crippen LogP contribution in [0.4, 0.5) is 5.69 Å². The molecule has 1 aliphatic heterocycles. The summed E-state index contributed by atoms with van der Waals surface area (Å²) in [6, 6.07) is 13.8. The zero-order valence-electron chi connectivity index (χ0n) is 16.6. The fourth-order valence-corrected chi connectivity index (χ4v) is 3.79. The van der Waals surface area contributed by atoms with Crippen LogP contribution in [0.3, 0.4) is 0 Å². The number of carbonyl (C=O) groups is 1. The van der Waals surface area contributed by atoms with Gasteiger partial charge in [0.2, 0.25) is 0 Å². The summed E-state index contributed by atoms with van der Waals surface area (Å²) in [6.45, 7) is 7.36. The van der Waals surface area contributed by atoms with E-state index in [2.05, 4.69) is 18.7 Å². The number of fused-ring (bicyclic) bond motifs is 1. The molecule has 1 unspecified atom stereocenters. The highest BCUT2D eigenvalue weighted by Crippen LogP contribution is 2.40. The zero-order valence-corrected chi connectivity index (χ0v) is 16.6. The molecule has 0 aliphatic carbocycles. The topological polar surface area (TPSA) is 86.9 Å². The lowest BCUT2D eigenvalue weighted by molar-refractivity contribution is -0.385. The van der Waals surface area contributed by atoms with Crippen molar-refractivity contribution in [1.29, 1.82) is 0 Å². The minimum atomic E-state index is -1.04. The van der Waals surface area contributed by atoms with Crippen LogP contribution in [0.2, 0.25) is 0 Å². The summed E-state index contributed by atoms with van der Waals surface area (Å²) in [5.41, 5.74) is 2.25. The smallest absolute Gasteiger partial charge is 0.337 e. The van der Waals surface area contributed by atoms with Crippen molar-refractivity contribution in [2.75, 3.05) is 26.2 Å². The Morgan fingerprint density at radius 1 is 1.17 bits per heavy atom. The van der Waals surface area contributed by atoms with Crippen molar-refractivity contribution in [2.45, 2.75) is 19.9 Å². The lowest BCUT2D eigenvalue weighted by Gasteiger charge is -2.37. The minimum absolute atomic E-state index is 0.0417. The first kappa shape index (κ1) is 20.5. The van der Waals surface area contributed by atoms with Crippen molar-refractivity contribution < 1.29 is 14.8 Å². The van der Waals surface area contributed by atoms with Gasteiger partial charge in [-0.25, -0.2) is 4.79 Å². The van der Waals surface area contributed by atoms with Crippen LogP contribution in [0.5, 0.6) is 0 Å². The van der Waals surface area contributed by atoms with Gasteiger partial charge in [-0.1, -0.05) is 44.2 Å². The van der Waals surface area contributed by atoms with Crippen LogP contribution < -0.4 is 0 Å². The Hall–Kier alpha value is -3.19. The minimum Gasteiger partial charge on any atom is -0.478 e. The Kier molecular flexibility index (Phi) is 6.29. The number of nitro groups is 1. The molecule has 0 saturated heterocycles. The van der Waals surface area contributed by atoms with E-state index in [4.69, 9.17) is 0 Å². The van der Waals surface area contributed by atoms with E-state index >= 15 is 0 Å². The maximum atomic E-state index is 11.9. The number of nitrogens with zero attached hydrogens (tertiary/aromatic N) is 3. The van der Waals surface area contributed by atoms with E-state index in [-0.39, 0.29) is 17.3 Å². The van der Waals surface area contributed by atoms with Crippen LogP contribution in [0, 0.1) is 10.1 Å². The molecule has 7 heteroatoms. The number of carboxylic acids is 1. The van der Waals surface area contributed by atoms with Gasteiger partial charge in [-0.15, -0.1) is 0 Å². The van der Waals surface area contributed by atoms with E-state index in [1.165, 1.54) is 12.1 Å². The van der Waals surface area contributed by atoms with Gasteiger partial charge in [-0.2, -0.15) is 0 Å². The third-order valence-electron chi connectivity index (χ3n) is 5.37. The maximum absolute atomic E-state index is 11.9. The first-order chi connectivity index (χ1) is 14.0. The predicted octanol–water partition coefficient (Wildman–Crippen LogP) is 3.77. The molecule has 7 nitrogen and oxygen atoms in total. The SMILES string of the molecule is CCN(CC)CCN1C=C(C(=O)O)c2ccc([N+](=O)[O-])cc2C1c1ccccc1. The molecule has 0 fully saturated rings. The molecule has 0 radical (unpaired) electrons. The van der Waals surface area contributed by atoms with Crippen molar-refractivity contribution >= 4 is 17.2 Å². The highest BCUT2D eigenvalue weighted by atomic mass is 16.6. The Morgan fingerprint density at radius 2 is 1.86 bits per heavy atom. The summed E-state index contributed by atoms with van der Waals surface area (Å²) < 4.78 is 0. The van der Waals surface area contributed by atoms with E-state index in [9.17, 15) is 20.0 Å². The number of aliphatic carboxylic acids is 1. The van der Waals surface area contributed by atoms with Gasteiger partial charge in [0.15, 0.2) is 0 Å². The third kappa shape index (κ3) is 4.30. The predicted molar refractivity (Wildman–Crippen MR) is 111 cm³/mol. The summed E-state index contributed by atoms with van der Waals surface area (Å²) in [7, 11) is 0. The number of hydrogen-bond acceptors (Lipinski definition) is 5. The Labute approximate surface area is 170 Å². The molecule has 1 atom stereocenters. The number of nitro benzene ring substituents is 1. The zero-order chi connectivity index (χ0) is 21.0. The average Bonchev–Trinajstić information content (AvgIpc) is 2.73. The van der Waals surface area contributed by atoms with Crippen LogP contribution >= 0.6 is 0 Å². The molecule has 3 rings (SSSR count). The van der Waals surface area contributed by atoms with Gasteiger partial charge in [0, 0.05) is 31.4 Å². The monoisotopic (exact) mass is 395 g/mol. The Bertz CT molecular complexity index is 923. The second-order valence-corrected chi connectivity index (χ2v) is 6.95. The molecule has 152 valence electrons. The fraction of sp³-hybridized carbons (Fsp3) is 0.318. The molecule has 0 spiro atoms. The average molecular weight is 395 g/mol. The molecule has 29 heavy (non-hydrogen) atoms. The van der Waals surface area contributed by atoms with Crippen molar-refractivity contribution in [1.82, 2.24) is 9.80 Å². The number of carboxylic acid groups (broad SMARTS) is 1. The summed E-state index contributed by atoms with van der Waals surface area (Å²) in [4.78, 5) is 27.1. The maximum Gasteiger partial charge on any atom is 0.337 e. The normalized spacial score (nSPS) is 15.8. The number of non-ortho nitro benzene ring substituents is 1. The van der Waals surface area contributed by atoms with Gasteiger partial charge in [-0.05, 0) is 35.8 Å². The molecule has 1 heterocycles. The lowest BCUT2D eigenvalue weighted by atomic mass is 9.86. The molecule has 0 aromatic heterocycles. The highest BCUT2D eigenvalue weighted by molar-refractivity contribution is 6.16. The van der Waals surface area contributed by atoms with Crippen LogP contribution in [-0.2, 0) is 4.79 Å². The van der Waals surface area contributed by atoms with E-state index < -0.39 is 10.9 Å². The first-order valence-corrected chi connectivity index (χ1v) is 9.73. The summed E-state index contributed by atoms with van der Waals surface area (Å²) >= 11 is 0. The molecule has 0 saturated carbocycles. The van der Waals surface area contributed by atoms with Crippen molar-refractivity contribution in [3.63, 3.8) is 0 Å². The second-order valence-electron chi connectivity index (χ2n) is 6.95. The molecule has 0 bridgehead atoms.